The zero-order valence-corrected chi connectivity index (χ0v) is 32.9. The van der Waals surface area contributed by atoms with Crippen molar-refractivity contribution >= 4 is 59.0 Å². The molecule has 2 aliphatic rings. The van der Waals surface area contributed by atoms with E-state index in [4.69, 9.17) is 4.74 Å². The summed E-state index contributed by atoms with van der Waals surface area (Å²) >= 11 is 3.41. The van der Waals surface area contributed by atoms with E-state index in [9.17, 15) is 28.8 Å². The number of nitrogens with zero attached hydrogens (tertiary/aromatic N) is 4. The second kappa shape index (κ2) is 17.8. The number of carbonyl (C=O) groups excluding carboxylic acids is 6. The van der Waals surface area contributed by atoms with E-state index in [1.54, 1.807) is 68.6 Å². The number of amides is 5. The SMILES string of the molecule is CCCC(NC(=O)C1CC2(CN1C(=O)[C@@H](NC(=O)OC(C)(C)C)C(C)(C)C)SCCCS2)C(=O)C(=O)NCC(=O)NC(c1ccccc1)c1nn[nH]n1. The average molecular weight is 774 g/mol. The summed E-state index contributed by atoms with van der Waals surface area (Å²) in [5.74, 6) is -1.64. The molecular weight excluding hydrogens is 723 g/mol. The highest BCUT2D eigenvalue weighted by Gasteiger charge is 2.53. The molecule has 1 aromatic heterocycles. The monoisotopic (exact) mass is 773 g/mol. The molecule has 5 amide bonds. The highest BCUT2D eigenvalue weighted by atomic mass is 32.2. The number of aromatic amines is 1. The van der Waals surface area contributed by atoms with Crippen LogP contribution in [-0.4, -0.2) is 113 Å². The highest BCUT2D eigenvalue weighted by molar-refractivity contribution is 8.18. The van der Waals surface area contributed by atoms with Crippen LogP contribution in [0.25, 0.3) is 0 Å². The molecule has 0 aliphatic carbocycles. The van der Waals surface area contributed by atoms with E-state index in [1.807, 2.05) is 33.8 Å². The van der Waals surface area contributed by atoms with Crippen molar-refractivity contribution in [2.45, 2.75) is 108 Å². The predicted molar refractivity (Wildman–Crippen MR) is 200 cm³/mol. The summed E-state index contributed by atoms with van der Waals surface area (Å²) in [5, 5.41) is 24.5. The van der Waals surface area contributed by atoms with E-state index >= 15 is 0 Å². The van der Waals surface area contributed by atoms with E-state index in [0.29, 0.717) is 18.4 Å². The van der Waals surface area contributed by atoms with E-state index in [1.165, 1.54) is 4.90 Å². The summed E-state index contributed by atoms with van der Waals surface area (Å²) < 4.78 is 5.01. The minimum atomic E-state index is -1.20. The van der Waals surface area contributed by atoms with Gasteiger partial charge in [-0.05, 0) is 56.1 Å². The van der Waals surface area contributed by atoms with Gasteiger partial charge in [0, 0.05) is 13.0 Å². The fourth-order valence-corrected chi connectivity index (χ4v) is 9.40. The first-order chi connectivity index (χ1) is 24.9. The molecule has 290 valence electrons. The molecule has 1 aromatic carbocycles. The van der Waals surface area contributed by atoms with Gasteiger partial charge < -0.3 is 30.9 Å². The number of tetrazole rings is 1. The van der Waals surface area contributed by atoms with Crippen molar-refractivity contribution in [3.63, 3.8) is 0 Å². The van der Waals surface area contributed by atoms with E-state index < -0.39 is 81.3 Å². The number of benzene rings is 1. The molecule has 0 radical (unpaired) electrons. The number of rotatable bonds is 13. The van der Waals surface area contributed by atoms with Gasteiger partial charge in [-0.25, -0.2) is 4.79 Å². The van der Waals surface area contributed by atoms with Crippen LogP contribution in [-0.2, 0) is 28.7 Å². The number of thioether (sulfide) groups is 2. The molecule has 5 N–H and O–H groups in total. The Morgan fingerprint density at radius 1 is 1.00 bits per heavy atom. The molecule has 53 heavy (non-hydrogen) atoms. The first kappa shape index (κ1) is 41.6. The second-order valence-electron chi connectivity index (χ2n) is 15.2. The Morgan fingerprint density at radius 2 is 1.68 bits per heavy atom. The minimum Gasteiger partial charge on any atom is -0.444 e. The number of ketones is 1. The smallest absolute Gasteiger partial charge is 0.408 e. The third kappa shape index (κ3) is 11.4. The first-order valence-corrected chi connectivity index (χ1v) is 19.7. The molecule has 3 heterocycles. The lowest BCUT2D eigenvalue weighted by molar-refractivity contribution is -0.144. The van der Waals surface area contributed by atoms with Crippen molar-refractivity contribution in [1.82, 2.24) is 46.8 Å². The van der Waals surface area contributed by atoms with Crippen LogP contribution in [0.15, 0.2) is 30.3 Å². The molecule has 4 atom stereocenters. The van der Waals surface area contributed by atoms with Gasteiger partial charge in [0.25, 0.3) is 5.91 Å². The largest absolute Gasteiger partial charge is 0.444 e. The standard InChI is InChI=1S/C35H51N9O7S2/c1-8-13-22(26(46)30(48)36-19-24(45)38-25(28-40-42-43-41-28)21-14-10-9-11-15-21)37-29(47)23-18-35(52-16-12-17-53-35)20-44(23)31(49)27(33(2,3)4)39-32(50)51-34(5,6)7/h9-11,14-15,22-23,25,27H,8,12-13,16-20H2,1-7H3,(H,36,48)(H,37,47)(H,38,45)(H,39,50)(H,40,41,42,43)/t22?,23?,25?,27-/m1/s1. The van der Waals surface area contributed by atoms with Crippen molar-refractivity contribution < 1.29 is 33.5 Å². The van der Waals surface area contributed by atoms with Gasteiger partial charge in [0.05, 0.1) is 16.7 Å². The fourth-order valence-electron chi connectivity index (χ4n) is 6.05. The Labute approximate surface area is 318 Å². The lowest BCUT2D eigenvalue weighted by Gasteiger charge is -2.36. The van der Waals surface area contributed by atoms with Crippen LogP contribution in [0.1, 0.15) is 91.6 Å². The van der Waals surface area contributed by atoms with Crippen LogP contribution in [0.4, 0.5) is 4.79 Å². The topological polar surface area (TPSA) is 217 Å². The molecule has 2 saturated heterocycles. The Bertz CT molecular complexity index is 1610. The van der Waals surface area contributed by atoms with E-state index in [-0.39, 0.29) is 18.8 Å². The Kier molecular flexibility index (Phi) is 13.9. The molecule has 0 bridgehead atoms. The molecule has 2 aliphatic heterocycles. The van der Waals surface area contributed by atoms with Gasteiger partial charge in [-0.1, -0.05) is 69.7 Å². The van der Waals surface area contributed by atoms with Crippen LogP contribution in [0.3, 0.4) is 0 Å². The molecule has 4 rings (SSSR count). The Balaban J connectivity index is 1.47. The number of Topliss-reactive ketones (excluding diaryl/α,β-unsaturated/α-hetero) is 1. The number of hydrogen-bond acceptors (Lipinski definition) is 12. The summed E-state index contributed by atoms with van der Waals surface area (Å²) in [6.45, 7) is 12.2. The van der Waals surface area contributed by atoms with Crippen LogP contribution >= 0.6 is 23.5 Å². The molecule has 2 aromatic rings. The van der Waals surface area contributed by atoms with Crippen molar-refractivity contribution in [3.05, 3.63) is 41.7 Å². The number of ether oxygens (including phenoxy) is 1. The molecule has 3 unspecified atom stereocenters. The normalized spacial score (nSPS) is 18.7. The highest BCUT2D eigenvalue weighted by Crippen LogP contribution is 2.50. The number of alkyl carbamates (subject to hydrolysis) is 1. The summed E-state index contributed by atoms with van der Waals surface area (Å²) in [6.07, 6.45) is 1.18. The van der Waals surface area contributed by atoms with E-state index in [2.05, 4.69) is 41.9 Å². The Morgan fingerprint density at radius 3 is 2.26 bits per heavy atom. The zero-order chi connectivity index (χ0) is 39.0. The summed E-state index contributed by atoms with van der Waals surface area (Å²) in [4.78, 5) is 82.4. The fraction of sp³-hybridized carbons (Fsp3) is 0.629. The number of carbonyl (C=O) groups is 6. The minimum absolute atomic E-state index is 0.151. The number of nitrogens with one attached hydrogen (secondary N) is 5. The number of likely N-dealkylation sites (tertiary alicyclic amines) is 1. The molecule has 18 heteroatoms. The molecule has 16 nitrogen and oxygen atoms in total. The van der Waals surface area contributed by atoms with Crippen LogP contribution in [0.5, 0.6) is 0 Å². The van der Waals surface area contributed by atoms with Crippen molar-refractivity contribution in [1.29, 1.82) is 0 Å². The molecule has 1 spiro atoms. The van der Waals surface area contributed by atoms with Crippen LogP contribution < -0.4 is 21.3 Å². The summed E-state index contributed by atoms with van der Waals surface area (Å²) in [6, 6.07) is 4.98. The van der Waals surface area contributed by atoms with Gasteiger partial charge in [-0.15, -0.1) is 33.7 Å². The summed E-state index contributed by atoms with van der Waals surface area (Å²) in [5.41, 5.74) is -0.854. The third-order valence-corrected chi connectivity index (χ3v) is 11.9. The maximum absolute atomic E-state index is 14.4. The molecule has 0 saturated carbocycles. The summed E-state index contributed by atoms with van der Waals surface area (Å²) in [7, 11) is 0. The number of hydrogen-bond donors (Lipinski definition) is 5. The van der Waals surface area contributed by atoms with Crippen LogP contribution in [0.2, 0.25) is 0 Å². The Hall–Kier alpha value is -4.19. The van der Waals surface area contributed by atoms with Crippen molar-refractivity contribution in [3.8, 4) is 0 Å². The second-order valence-corrected chi connectivity index (χ2v) is 18.4. The van der Waals surface area contributed by atoms with E-state index in [0.717, 1.165) is 17.9 Å². The quantitative estimate of drug-likeness (QED) is 0.186. The maximum Gasteiger partial charge on any atom is 0.408 e. The van der Waals surface area contributed by atoms with Crippen molar-refractivity contribution in [2.24, 2.45) is 5.41 Å². The number of aromatic nitrogens is 4. The van der Waals surface area contributed by atoms with Gasteiger partial charge in [0.2, 0.25) is 29.3 Å². The zero-order valence-electron chi connectivity index (χ0n) is 31.3. The average Bonchev–Trinajstić information content (AvgIpc) is 3.76. The van der Waals surface area contributed by atoms with Gasteiger partial charge in [0.1, 0.15) is 23.7 Å². The molecular formula is C35H51N9O7S2. The molecule has 2 fully saturated rings. The van der Waals surface area contributed by atoms with Gasteiger partial charge >= 0.3 is 6.09 Å². The lowest BCUT2D eigenvalue weighted by atomic mass is 9.85. The van der Waals surface area contributed by atoms with Crippen molar-refractivity contribution in [2.75, 3.05) is 24.6 Å². The predicted octanol–water partition coefficient (Wildman–Crippen LogP) is 2.48. The third-order valence-electron chi connectivity index (χ3n) is 8.57. The maximum atomic E-state index is 14.4. The first-order valence-electron chi connectivity index (χ1n) is 17.7. The number of H-pyrrole nitrogens is 1. The van der Waals surface area contributed by atoms with Gasteiger partial charge in [-0.2, -0.15) is 5.21 Å². The van der Waals surface area contributed by atoms with Crippen LogP contribution in [0, 0.1) is 5.41 Å². The van der Waals surface area contributed by atoms with Gasteiger partial charge in [-0.3, -0.25) is 24.0 Å². The van der Waals surface area contributed by atoms with Gasteiger partial charge in [0.15, 0.2) is 0 Å². The lowest BCUT2D eigenvalue weighted by Crippen LogP contribution is -2.59.